The molecule has 0 bridgehead atoms. The van der Waals surface area contributed by atoms with Crippen LogP contribution in [0.4, 0.5) is 13.2 Å². The van der Waals surface area contributed by atoms with E-state index in [1.807, 2.05) is 19.9 Å². The van der Waals surface area contributed by atoms with Gasteiger partial charge in [0, 0.05) is 18.0 Å². The van der Waals surface area contributed by atoms with Gasteiger partial charge in [-0.15, -0.1) is 0 Å². The van der Waals surface area contributed by atoms with Crippen LogP contribution in [-0.2, 0) is 28.7 Å². The lowest BCUT2D eigenvalue weighted by atomic mass is 9.95. The highest BCUT2D eigenvalue weighted by molar-refractivity contribution is 5.95. The van der Waals surface area contributed by atoms with Crippen LogP contribution in [0.1, 0.15) is 53.4 Å². The van der Waals surface area contributed by atoms with Gasteiger partial charge >= 0.3 is 12.1 Å². The van der Waals surface area contributed by atoms with Crippen molar-refractivity contribution in [2.45, 2.75) is 94.9 Å². The number of fused-ring (bicyclic) bond motifs is 1. The summed E-state index contributed by atoms with van der Waals surface area (Å²) in [6.45, 7) is 7.41. The number of nitriles is 1. The quantitative estimate of drug-likeness (QED) is 0.363. The van der Waals surface area contributed by atoms with Crippen molar-refractivity contribution in [3.63, 3.8) is 0 Å². The number of hydrogen-bond acceptors (Lipinski definition) is 7. The summed E-state index contributed by atoms with van der Waals surface area (Å²) in [4.78, 5) is 53.0. The number of alkyl halides is 3. The van der Waals surface area contributed by atoms with Gasteiger partial charge in [-0.3, -0.25) is 19.2 Å². The average molecular weight is 584 g/mol. The molecule has 7 atom stereocenters. The van der Waals surface area contributed by atoms with Gasteiger partial charge in [-0.1, -0.05) is 13.8 Å². The first kappa shape index (κ1) is 29.6. The number of halogens is 3. The molecule has 2 saturated carbocycles. The Kier molecular flexibility index (Phi) is 7.09. The molecule has 11 nitrogen and oxygen atoms in total. The molecule has 0 aromatic rings. The van der Waals surface area contributed by atoms with Gasteiger partial charge in [-0.05, 0) is 56.8 Å². The minimum absolute atomic E-state index is 0.0918. The van der Waals surface area contributed by atoms with Crippen LogP contribution in [0.2, 0.25) is 0 Å². The number of ether oxygens (including phenoxy) is 2. The number of carbonyl (C=O) groups excluding carboxylic acids is 4. The average Bonchev–Trinajstić information content (AvgIpc) is 3.58. The Morgan fingerprint density at radius 1 is 1.22 bits per heavy atom. The van der Waals surface area contributed by atoms with Crippen LogP contribution >= 0.6 is 0 Å². The summed E-state index contributed by atoms with van der Waals surface area (Å²) in [5, 5.41) is 17.2. The molecular weight excluding hydrogens is 547 g/mol. The Labute approximate surface area is 235 Å². The van der Waals surface area contributed by atoms with E-state index in [9.17, 15) is 37.6 Å². The van der Waals surface area contributed by atoms with Crippen LogP contribution in [0, 0.1) is 34.5 Å². The molecule has 226 valence electrons. The topological polar surface area (TPSA) is 150 Å². The molecule has 0 unspecified atom stereocenters. The van der Waals surface area contributed by atoms with Crippen LogP contribution < -0.4 is 16.0 Å². The van der Waals surface area contributed by atoms with Gasteiger partial charge in [0.2, 0.25) is 17.7 Å². The first-order valence-electron chi connectivity index (χ1n) is 14.0. The number of carbonyl (C=O) groups is 4. The van der Waals surface area contributed by atoms with E-state index < -0.39 is 59.6 Å². The maximum Gasteiger partial charge on any atom is 0.471 e. The van der Waals surface area contributed by atoms with Crippen molar-refractivity contribution >= 4 is 23.6 Å². The lowest BCUT2D eigenvalue weighted by molar-refractivity contribution is -0.223. The van der Waals surface area contributed by atoms with Crippen LogP contribution in [0.5, 0.6) is 0 Å². The lowest BCUT2D eigenvalue weighted by Gasteiger charge is -2.42. The van der Waals surface area contributed by atoms with Crippen molar-refractivity contribution in [2.24, 2.45) is 23.2 Å². The summed E-state index contributed by atoms with van der Waals surface area (Å²) in [5.74, 6) is -4.74. The molecule has 2 aliphatic carbocycles. The fourth-order valence-corrected chi connectivity index (χ4v) is 6.90. The molecule has 0 radical (unpaired) electrons. The Hall–Kier alpha value is -2.92. The number of hydrogen-bond donors (Lipinski definition) is 3. The number of nitrogens with one attached hydrogen (secondary N) is 3. The van der Waals surface area contributed by atoms with Crippen LogP contribution in [0.25, 0.3) is 0 Å². The number of piperidine rings is 1. The summed E-state index contributed by atoms with van der Waals surface area (Å²) in [6.07, 6.45) is -3.93. The zero-order valence-corrected chi connectivity index (χ0v) is 23.5. The van der Waals surface area contributed by atoms with Gasteiger partial charge in [0.25, 0.3) is 0 Å². The van der Waals surface area contributed by atoms with Crippen molar-refractivity contribution in [2.75, 3.05) is 19.8 Å². The second-order valence-electron chi connectivity index (χ2n) is 13.2. The maximum atomic E-state index is 13.8. The standard InChI is InChI=1S/C27H36F3N5O6/c1-13(41-25(4)11-40-12-25)18(33-23(39)27(28,29)30)22(38)35-10-16-17(24(16,2)3)19(35)21(37)32-15(9-31)7-14-8-26(5-6-26)34-20(14)36/h13-19H,5-8,10-12H2,1-4H3,(H,32,37)(H,33,39)(H,34,36)/t13-,14-,15+,16+,17+,18+,19+/m1/s1. The molecule has 3 aliphatic heterocycles. The highest BCUT2D eigenvalue weighted by Crippen LogP contribution is 2.65. The fourth-order valence-electron chi connectivity index (χ4n) is 6.90. The van der Waals surface area contributed by atoms with E-state index in [2.05, 4.69) is 10.6 Å². The second kappa shape index (κ2) is 9.83. The number of rotatable bonds is 9. The van der Waals surface area contributed by atoms with E-state index in [-0.39, 0.29) is 54.9 Å². The molecule has 14 heteroatoms. The highest BCUT2D eigenvalue weighted by Gasteiger charge is 2.70. The summed E-state index contributed by atoms with van der Waals surface area (Å²) in [5.41, 5.74) is -1.34. The first-order chi connectivity index (χ1) is 19.0. The second-order valence-corrected chi connectivity index (χ2v) is 13.2. The summed E-state index contributed by atoms with van der Waals surface area (Å²) >= 11 is 0. The molecule has 0 aromatic heterocycles. The number of amides is 4. The minimum Gasteiger partial charge on any atom is -0.375 e. The van der Waals surface area contributed by atoms with Gasteiger partial charge in [0.15, 0.2) is 0 Å². The van der Waals surface area contributed by atoms with E-state index in [0.29, 0.717) is 6.42 Å². The largest absolute Gasteiger partial charge is 0.471 e. The van der Waals surface area contributed by atoms with Crippen molar-refractivity contribution in [3.8, 4) is 6.07 Å². The predicted molar refractivity (Wildman–Crippen MR) is 134 cm³/mol. The van der Waals surface area contributed by atoms with E-state index >= 15 is 0 Å². The maximum absolute atomic E-state index is 13.8. The van der Waals surface area contributed by atoms with Gasteiger partial charge in [0.1, 0.15) is 23.7 Å². The van der Waals surface area contributed by atoms with Gasteiger partial charge in [0.05, 0.1) is 25.4 Å². The zero-order chi connectivity index (χ0) is 30.1. The monoisotopic (exact) mass is 583 g/mol. The SMILES string of the molecule is C[C@@H](OC1(C)COC1)[C@H](NC(=O)C(F)(F)F)C(=O)N1C[C@H]2[C@@H]([C@H]1C(=O)N[C@H](C#N)C[C@@H]1CC3(CC3)NC1=O)C2(C)C. The van der Waals surface area contributed by atoms with E-state index in [0.717, 1.165) is 12.8 Å². The molecule has 5 aliphatic rings. The molecule has 3 saturated heterocycles. The fraction of sp³-hybridized carbons (Fsp3) is 0.815. The van der Waals surface area contributed by atoms with Crippen molar-refractivity contribution < 1.29 is 41.8 Å². The molecule has 0 aromatic carbocycles. The molecule has 1 spiro atoms. The Balaban J connectivity index is 1.33. The van der Waals surface area contributed by atoms with Crippen LogP contribution in [0.15, 0.2) is 0 Å². The van der Waals surface area contributed by atoms with E-state index in [1.54, 1.807) is 12.2 Å². The van der Waals surface area contributed by atoms with Crippen molar-refractivity contribution in [1.29, 1.82) is 5.26 Å². The normalized spacial score (nSPS) is 32.0. The third-order valence-electron chi connectivity index (χ3n) is 9.57. The molecule has 3 N–H and O–H groups in total. The van der Waals surface area contributed by atoms with Gasteiger partial charge in [-0.25, -0.2) is 0 Å². The lowest BCUT2D eigenvalue weighted by Crippen LogP contribution is -2.62. The third-order valence-corrected chi connectivity index (χ3v) is 9.57. The molecule has 41 heavy (non-hydrogen) atoms. The van der Waals surface area contributed by atoms with Crippen LogP contribution in [-0.4, -0.2) is 89.8 Å². The molecular formula is C27H36F3N5O6. The van der Waals surface area contributed by atoms with Gasteiger partial charge < -0.3 is 30.3 Å². The predicted octanol–water partition coefficient (Wildman–Crippen LogP) is 0.778. The summed E-state index contributed by atoms with van der Waals surface area (Å²) < 4.78 is 50.6. The Morgan fingerprint density at radius 3 is 2.39 bits per heavy atom. The number of nitrogens with zero attached hydrogens (tertiary/aromatic N) is 2. The smallest absolute Gasteiger partial charge is 0.375 e. The molecule has 4 amide bonds. The number of likely N-dealkylation sites (tertiary alicyclic amines) is 1. The van der Waals surface area contributed by atoms with Crippen molar-refractivity contribution in [3.05, 3.63) is 0 Å². The third kappa shape index (κ3) is 5.50. The summed E-state index contributed by atoms with van der Waals surface area (Å²) in [6, 6.07) is -1.74. The van der Waals surface area contributed by atoms with Crippen LogP contribution in [0.3, 0.4) is 0 Å². The first-order valence-corrected chi connectivity index (χ1v) is 14.0. The zero-order valence-electron chi connectivity index (χ0n) is 23.5. The highest BCUT2D eigenvalue weighted by atomic mass is 19.4. The summed E-state index contributed by atoms with van der Waals surface area (Å²) in [7, 11) is 0. The molecule has 3 heterocycles. The minimum atomic E-state index is -5.24. The van der Waals surface area contributed by atoms with E-state index in [4.69, 9.17) is 9.47 Å². The molecule has 5 fully saturated rings. The van der Waals surface area contributed by atoms with E-state index in [1.165, 1.54) is 11.8 Å². The van der Waals surface area contributed by atoms with Crippen molar-refractivity contribution in [1.82, 2.24) is 20.9 Å². The Bertz CT molecular complexity index is 1180. The Morgan fingerprint density at radius 2 is 1.88 bits per heavy atom. The van der Waals surface area contributed by atoms with Gasteiger partial charge in [-0.2, -0.15) is 18.4 Å². The molecule has 5 rings (SSSR count).